The molecule has 1 heteroatoms. The minimum absolute atomic E-state index is 1.33. The van der Waals surface area contributed by atoms with Gasteiger partial charge in [0.05, 0.1) is 0 Å². The quantitative estimate of drug-likeness (QED) is 0.595. The first kappa shape index (κ1) is 9.32. The Morgan fingerprint density at radius 2 is 1.57 bits per heavy atom. The highest BCUT2D eigenvalue weighted by molar-refractivity contribution is 5.86. The first-order valence-corrected chi connectivity index (χ1v) is 5.05. The average Bonchev–Trinajstić information content (AvgIpc) is 2.42. The molecule has 14 heavy (non-hydrogen) atoms. The van der Waals surface area contributed by atoms with Crippen LogP contribution in [0.15, 0.2) is 12.1 Å². The summed E-state index contributed by atoms with van der Waals surface area (Å²) in [5.41, 5.74) is 6.90. The summed E-state index contributed by atoms with van der Waals surface area (Å²) in [5, 5.41) is 1.40. The molecule has 0 amide bonds. The summed E-state index contributed by atoms with van der Waals surface area (Å²) in [6, 6.07) is 4.56. The molecule has 0 bridgehead atoms. The maximum atomic E-state index is 2.28. The van der Waals surface area contributed by atoms with Crippen LogP contribution in [0.1, 0.15) is 22.4 Å². The van der Waals surface area contributed by atoms with Crippen LogP contribution < -0.4 is 0 Å². The fraction of sp³-hybridized carbons (Fsp3) is 0.385. The highest BCUT2D eigenvalue weighted by Gasteiger charge is 2.08. The van der Waals surface area contributed by atoms with Crippen molar-refractivity contribution in [2.45, 2.75) is 27.7 Å². The number of hydrogen-bond acceptors (Lipinski definition) is 0. The number of nitrogens with zero attached hydrogens (tertiary/aromatic N) is 1. The zero-order valence-corrected chi connectivity index (χ0v) is 9.60. The lowest BCUT2D eigenvalue weighted by Crippen LogP contribution is -1.92. The lowest BCUT2D eigenvalue weighted by molar-refractivity contribution is 0.917. The van der Waals surface area contributed by atoms with Crippen molar-refractivity contribution >= 4 is 10.9 Å². The summed E-state index contributed by atoms with van der Waals surface area (Å²) in [4.78, 5) is 0. The van der Waals surface area contributed by atoms with Gasteiger partial charge in [0.1, 0.15) is 0 Å². The maximum Gasteiger partial charge on any atom is 0.0485 e. The lowest BCUT2D eigenvalue weighted by atomic mass is 10.0. The van der Waals surface area contributed by atoms with Crippen LogP contribution in [0.25, 0.3) is 10.9 Å². The van der Waals surface area contributed by atoms with E-state index in [9.17, 15) is 0 Å². The van der Waals surface area contributed by atoms with Crippen molar-refractivity contribution in [1.82, 2.24) is 4.57 Å². The Morgan fingerprint density at radius 1 is 0.929 bits per heavy atom. The number of hydrogen-bond donors (Lipinski definition) is 0. The number of rotatable bonds is 0. The molecule has 0 aliphatic heterocycles. The Bertz CT molecular complexity index is 504. The van der Waals surface area contributed by atoms with Crippen LogP contribution in [0.2, 0.25) is 0 Å². The van der Waals surface area contributed by atoms with Gasteiger partial charge in [0.15, 0.2) is 0 Å². The van der Waals surface area contributed by atoms with Crippen LogP contribution >= 0.6 is 0 Å². The third-order valence-electron chi connectivity index (χ3n) is 3.43. The molecule has 0 atom stereocenters. The Balaban J connectivity index is 2.98. The largest absolute Gasteiger partial charge is 0.348 e. The van der Waals surface area contributed by atoms with E-state index < -0.39 is 0 Å². The number of benzene rings is 1. The van der Waals surface area contributed by atoms with Crippen molar-refractivity contribution in [3.63, 3.8) is 0 Å². The van der Waals surface area contributed by atoms with Crippen LogP contribution in [0, 0.1) is 27.7 Å². The van der Waals surface area contributed by atoms with E-state index in [-0.39, 0.29) is 0 Å². The zero-order chi connectivity index (χ0) is 10.5. The fourth-order valence-electron chi connectivity index (χ4n) is 2.04. The predicted octanol–water partition coefficient (Wildman–Crippen LogP) is 3.41. The summed E-state index contributed by atoms with van der Waals surface area (Å²) in [6.45, 7) is 8.75. The molecule has 0 aliphatic carbocycles. The SMILES string of the molecule is Cc1cc2c(cc(C)n2C)c(C)c1C. The van der Waals surface area contributed by atoms with Crippen LogP contribution in [-0.2, 0) is 7.05 Å². The maximum absolute atomic E-state index is 2.28. The van der Waals surface area contributed by atoms with Gasteiger partial charge in [-0.05, 0) is 56.5 Å². The first-order chi connectivity index (χ1) is 6.52. The number of aryl methyl sites for hydroxylation is 4. The Kier molecular flexibility index (Phi) is 1.91. The molecular weight excluding hydrogens is 170 g/mol. The van der Waals surface area contributed by atoms with E-state index in [0.29, 0.717) is 0 Å². The van der Waals surface area contributed by atoms with Gasteiger partial charge in [-0.3, -0.25) is 0 Å². The van der Waals surface area contributed by atoms with Crippen LogP contribution in [0.4, 0.5) is 0 Å². The molecule has 0 aliphatic rings. The van der Waals surface area contributed by atoms with E-state index in [1.807, 2.05) is 0 Å². The zero-order valence-electron chi connectivity index (χ0n) is 9.60. The van der Waals surface area contributed by atoms with Gasteiger partial charge in [0.25, 0.3) is 0 Å². The van der Waals surface area contributed by atoms with Crippen molar-refractivity contribution in [2.24, 2.45) is 7.05 Å². The number of aromatic nitrogens is 1. The second-order valence-corrected chi connectivity index (χ2v) is 4.22. The van der Waals surface area contributed by atoms with E-state index in [2.05, 4.69) is 51.4 Å². The minimum Gasteiger partial charge on any atom is -0.348 e. The summed E-state index contributed by atoms with van der Waals surface area (Å²) in [5.74, 6) is 0. The Labute approximate surface area is 85.4 Å². The van der Waals surface area contributed by atoms with E-state index in [0.717, 1.165) is 0 Å². The molecule has 0 fully saturated rings. The van der Waals surface area contributed by atoms with Crippen LogP contribution in [0.3, 0.4) is 0 Å². The molecule has 0 saturated carbocycles. The van der Waals surface area contributed by atoms with Gasteiger partial charge >= 0.3 is 0 Å². The molecule has 1 heterocycles. The molecule has 0 spiro atoms. The molecular formula is C13H17N. The van der Waals surface area contributed by atoms with Crippen molar-refractivity contribution in [1.29, 1.82) is 0 Å². The van der Waals surface area contributed by atoms with E-state index in [4.69, 9.17) is 0 Å². The molecule has 74 valence electrons. The van der Waals surface area contributed by atoms with Crippen molar-refractivity contribution in [2.75, 3.05) is 0 Å². The summed E-state index contributed by atoms with van der Waals surface area (Å²) >= 11 is 0. The monoisotopic (exact) mass is 187 g/mol. The topological polar surface area (TPSA) is 4.93 Å². The molecule has 2 rings (SSSR count). The highest BCUT2D eigenvalue weighted by Crippen LogP contribution is 2.26. The molecule has 0 radical (unpaired) electrons. The van der Waals surface area contributed by atoms with Gasteiger partial charge in [0.2, 0.25) is 0 Å². The van der Waals surface area contributed by atoms with Gasteiger partial charge in [0, 0.05) is 23.6 Å². The standard InChI is InChI=1S/C13H17N/c1-8-6-13-12(11(4)10(8)3)7-9(2)14(13)5/h6-7H,1-5H3. The van der Waals surface area contributed by atoms with E-state index in [1.165, 1.54) is 33.3 Å². The lowest BCUT2D eigenvalue weighted by Gasteiger charge is -2.07. The second-order valence-electron chi connectivity index (χ2n) is 4.22. The van der Waals surface area contributed by atoms with Crippen molar-refractivity contribution in [3.05, 3.63) is 34.5 Å². The van der Waals surface area contributed by atoms with Crippen LogP contribution in [-0.4, -0.2) is 4.57 Å². The van der Waals surface area contributed by atoms with Crippen LogP contribution in [0.5, 0.6) is 0 Å². The summed E-state index contributed by atoms with van der Waals surface area (Å²) < 4.78 is 2.26. The highest BCUT2D eigenvalue weighted by atomic mass is 14.9. The van der Waals surface area contributed by atoms with Gasteiger partial charge in [-0.15, -0.1) is 0 Å². The van der Waals surface area contributed by atoms with Gasteiger partial charge in [-0.1, -0.05) is 0 Å². The van der Waals surface area contributed by atoms with E-state index >= 15 is 0 Å². The third kappa shape index (κ3) is 1.08. The van der Waals surface area contributed by atoms with Gasteiger partial charge in [-0.25, -0.2) is 0 Å². The molecule has 0 unspecified atom stereocenters. The minimum atomic E-state index is 1.33. The summed E-state index contributed by atoms with van der Waals surface area (Å²) in [7, 11) is 2.13. The molecule has 0 saturated heterocycles. The van der Waals surface area contributed by atoms with Gasteiger partial charge < -0.3 is 4.57 Å². The first-order valence-electron chi connectivity index (χ1n) is 5.05. The molecule has 0 N–H and O–H groups in total. The molecule has 2 aromatic rings. The van der Waals surface area contributed by atoms with Crippen molar-refractivity contribution < 1.29 is 0 Å². The second kappa shape index (κ2) is 2.88. The average molecular weight is 187 g/mol. The smallest absolute Gasteiger partial charge is 0.0485 e. The van der Waals surface area contributed by atoms with Gasteiger partial charge in [-0.2, -0.15) is 0 Å². The molecule has 1 aromatic carbocycles. The predicted molar refractivity (Wildman–Crippen MR) is 61.9 cm³/mol. The Hall–Kier alpha value is -1.24. The Morgan fingerprint density at radius 3 is 2.21 bits per heavy atom. The van der Waals surface area contributed by atoms with E-state index in [1.54, 1.807) is 0 Å². The number of fused-ring (bicyclic) bond motifs is 1. The molecule has 1 nitrogen and oxygen atoms in total. The summed E-state index contributed by atoms with van der Waals surface area (Å²) in [6.07, 6.45) is 0. The fourth-order valence-corrected chi connectivity index (χ4v) is 2.04. The molecule has 1 aromatic heterocycles. The van der Waals surface area contributed by atoms with Crippen molar-refractivity contribution in [3.8, 4) is 0 Å². The third-order valence-corrected chi connectivity index (χ3v) is 3.43. The normalized spacial score (nSPS) is 11.2.